The molecule has 224 valence electrons. The molecule has 7 aromatic carbocycles. The average molecular weight is 603 g/mol. The molecule has 0 aromatic heterocycles. The van der Waals surface area contributed by atoms with Gasteiger partial charge in [-0.05, 0) is 90.3 Å². The van der Waals surface area contributed by atoms with Gasteiger partial charge in [0.25, 0.3) is 0 Å². The molecule has 1 atom stereocenters. The molecular formula is C45H34N2. The highest BCUT2D eigenvalue weighted by Gasteiger charge is 2.37. The quantitative estimate of drug-likeness (QED) is 0.213. The van der Waals surface area contributed by atoms with Crippen LogP contribution >= 0.6 is 0 Å². The Bertz CT molecular complexity index is 2410. The normalized spacial score (nSPS) is 16.3. The molecule has 2 heteroatoms. The van der Waals surface area contributed by atoms with Crippen LogP contribution in [-0.2, 0) is 5.41 Å². The van der Waals surface area contributed by atoms with Crippen LogP contribution in [0.2, 0.25) is 0 Å². The summed E-state index contributed by atoms with van der Waals surface area (Å²) in [6, 6.07) is 54.9. The first-order valence-corrected chi connectivity index (χ1v) is 16.4. The van der Waals surface area contributed by atoms with Crippen LogP contribution in [0.15, 0.2) is 163 Å². The maximum Gasteiger partial charge on any atom is 0.134 e. The summed E-state index contributed by atoms with van der Waals surface area (Å²) in [6.07, 6.45) is 2.25. The van der Waals surface area contributed by atoms with E-state index < -0.39 is 0 Å². The zero-order chi connectivity index (χ0) is 31.5. The number of hydrogen-bond donors (Lipinski definition) is 1. The van der Waals surface area contributed by atoms with E-state index in [1.54, 1.807) is 0 Å². The van der Waals surface area contributed by atoms with E-state index in [0.29, 0.717) is 0 Å². The topological polar surface area (TPSA) is 24.4 Å². The molecule has 1 aliphatic carbocycles. The second-order valence-electron chi connectivity index (χ2n) is 13.3. The Labute approximate surface area is 275 Å². The van der Waals surface area contributed by atoms with Crippen molar-refractivity contribution >= 4 is 33.1 Å². The fourth-order valence-electron chi connectivity index (χ4n) is 7.67. The molecule has 2 nitrogen and oxygen atoms in total. The number of aliphatic imine (C=N–C) groups is 1. The van der Waals surface area contributed by atoms with Crippen molar-refractivity contribution in [3.63, 3.8) is 0 Å². The van der Waals surface area contributed by atoms with E-state index in [1.807, 2.05) is 0 Å². The van der Waals surface area contributed by atoms with Crippen molar-refractivity contribution in [3.05, 3.63) is 186 Å². The van der Waals surface area contributed by atoms with Gasteiger partial charge in [-0.3, -0.25) is 0 Å². The van der Waals surface area contributed by atoms with Gasteiger partial charge >= 0.3 is 0 Å². The molecule has 0 saturated heterocycles. The zero-order valence-corrected chi connectivity index (χ0v) is 26.5. The smallest absolute Gasteiger partial charge is 0.134 e. The van der Waals surface area contributed by atoms with Crippen molar-refractivity contribution in [3.8, 4) is 22.3 Å². The van der Waals surface area contributed by atoms with Crippen molar-refractivity contribution in [2.45, 2.75) is 25.3 Å². The number of amidine groups is 1. The third-order valence-electron chi connectivity index (χ3n) is 10.1. The van der Waals surface area contributed by atoms with E-state index in [2.05, 4.69) is 177 Å². The Kier molecular flexibility index (Phi) is 6.26. The van der Waals surface area contributed by atoms with Gasteiger partial charge in [0.2, 0.25) is 0 Å². The average Bonchev–Trinajstić information content (AvgIpc) is 3.36. The highest BCUT2D eigenvalue weighted by molar-refractivity contribution is 6.10. The lowest BCUT2D eigenvalue weighted by Gasteiger charge is -2.25. The molecule has 0 fully saturated rings. The maximum absolute atomic E-state index is 5.26. The molecule has 1 unspecified atom stereocenters. The summed E-state index contributed by atoms with van der Waals surface area (Å²) in [4.78, 5) is 5.26. The first-order valence-electron chi connectivity index (χ1n) is 16.4. The van der Waals surface area contributed by atoms with Crippen LogP contribution in [0.25, 0.3) is 49.5 Å². The van der Waals surface area contributed by atoms with E-state index in [4.69, 9.17) is 4.99 Å². The van der Waals surface area contributed by atoms with Crippen LogP contribution < -0.4 is 5.32 Å². The summed E-state index contributed by atoms with van der Waals surface area (Å²) in [5.41, 5.74) is 12.2. The Morgan fingerprint density at radius 3 is 2.11 bits per heavy atom. The van der Waals surface area contributed by atoms with E-state index in [-0.39, 0.29) is 11.5 Å². The minimum Gasteiger partial charge on any atom is -0.359 e. The van der Waals surface area contributed by atoms with Crippen molar-refractivity contribution in [1.82, 2.24) is 5.32 Å². The molecule has 0 saturated carbocycles. The molecule has 47 heavy (non-hydrogen) atoms. The molecule has 7 aromatic rings. The van der Waals surface area contributed by atoms with E-state index in [9.17, 15) is 0 Å². The van der Waals surface area contributed by atoms with Crippen LogP contribution in [-0.4, -0.2) is 5.84 Å². The second-order valence-corrected chi connectivity index (χ2v) is 13.3. The molecule has 0 bridgehead atoms. The fraction of sp³-hybridized carbons (Fsp3) is 0.0889. The van der Waals surface area contributed by atoms with Gasteiger partial charge in [-0.2, -0.15) is 0 Å². The molecule has 1 heterocycles. The SMILES string of the molecule is CC1(C)c2ccccc2-c2c1cc1ccccc1c2-c1cccc(C2=NC(c3ccccc3)=CC(c3ccc4ccccc4c3)N2)c1. The van der Waals surface area contributed by atoms with Gasteiger partial charge in [-0.15, -0.1) is 0 Å². The maximum atomic E-state index is 5.26. The Morgan fingerprint density at radius 2 is 1.23 bits per heavy atom. The predicted molar refractivity (Wildman–Crippen MR) is 198 cm³/mol. The summed E-state index contributed by atoms with van der Waals surface area (Å²) in [6.45, 7) is 4.72. The van der Waals surface area contributed by atoms with Crippen molar-refractivity contribution < 1.29 is 0 Å². The number of nitrogens with zero attached hydrogens (tertiary/aromatic N) is 1. The largest absolute Gasteiger partial charge is 0.359 e. The van der Waals surface area contributed by atoms with E-state index in [0.717, 1.165) is 22.7 Å². The lowest BCUT2D eigenvalue weighted by atomic mass is 9.80. The molecule has 9 rings (SSSR count). The van der Waals surface area contributed by atoms with Gasteiger partial charge in [-0.1, -0.05) is 147 Å². The first kappa shape index (κ1) is 27.6. The van der Waals surface area contributed by atoms with Gasteiger partial charge in [0.15, 0.2) is 0 Å². The molecule has 0 amide bonds. The third kappa shape index (κ3) is 4.52. The van der Waals surface area contributed by atoms with E-state index >= 15 is 0 Å². The van der Waals surface area contributed by atoms with Gasteiger partial charge in [0, 0.05) is 11.0 Å². The second kappa shape index (κ2) is 10.7. The highest BCUT2D eigenvalue weighted by Crippen LogP contribution is 2.54. The van der Waals surface area contributed by atoms with E-state index in [1.165, 1.54) is 60.5 Å². The summed E-state index contributed by atoms with van der Waals surface area (Å²) in [7, 11) is 0. The number of nitrogens with one attached hydrogen (secondary N) is 1. The minimum absolute atomic E-state index is 0.0274. The van der Waals surface area contributed by atoms with Crippen LogP contribution in [0.5, 0.6) is 0 Å². The lowest BCUT2D eigenvalue weighted by molar-refractivity contribution is 0.661. The molecule has 2 aliphatic rings. The number of benzene rings is 7. The monoisotopic (exact) mass is 602 g/mol. The zero-order valence-electron chi connectivity index (χ0n) is 26.5. The number of rotatable bonds is 4. The van der Waals surface area contributed by atoms with Crippen LogP contribution in [0.4, 0.5) is 0 Å². The van der Waals surface area contributed by atoms with Gasteiger partial charge in [-0.25, -0.2) is 4.99 Å². The minimum atomic E-state index is -0.0835. The van der Waals surface area contributed by atoms with Gasteiger partial charge in [0.05, 0.1) is 11.7 Å². The Morgan fingerprint density at radius 1 is 0.532 bits per heavy atom. The Balaban J connectivity index is 1.21. The standard InChI is InChI=1S/C45H34N2/c1-45(2)38-22-11-10-21-37(38)43-39(45)27-32-17-8-9-20-36(32)42(43)34-18-12-19-35(26-34)44-46-40(30-14-4-3-5-15-30)28-41(47-44)33-24-23-29-13-6-7-16-31(29)25-33/h3-28,41H,1-2H3,(H,46,47). The summed E-state index contributed by atoms with van der Waals surface area (Å²) in [5.74, 6) is 0.879. The molecule has 1 aliphatic heterocycles. The molecule has 0 spiro atoms. The van der Waals surface area contributed by atoms with Crippen molar-refractivity contribution in [1.29, 1.82) is 0 Å². The highest BCUT2D eigenvalue weighted by atomic mass is 15.0. The Hall–Kier alpha value is -5.73. The van der Waals surface area contributed by atoms with Crippen LogP contribution in [0, 0.1) is 0 Å². The number of hydrogen-bond acceptors (Lipinski definition) is 2. The fourth-order valence-corrected chi connectivity index (χ4v) is 7.67. The first-order chi connectivity index (χ1) is 23.0. The summed E-state index contributed by atoms with van der Waals surface area (Å²) in [5, 5.41) is 8.84. The molecular weight excluding hydrogens is 569 g/mol. The van der Waals surface area contributed by atoms with Crippen molar-refractivity contribution in [2.75, 3.05) is 0 Å². The lowest BCUT2D eigenvalue weighted by Crippen LogP contribution is -2.31. The predicted octanol–water partition coefficient (Wildman–Crippen LogP) is 11.1. The summed E-state index contributed by atoms with van der Waals surface area (Å²) < 4.78 is 0. The van der Waals surface area contributed by atoms with Gasteiger partial charge in [0.1, 0.15) is 5.84 Å². The van der Waals surface area contributed by atoms with Crippen LogP contribution in [0.1, 0.15) is 47.7 Å². The third-order valence-corrected chi connectivity index (χ3v) is 10.1. The number of fused-ring (bicyclic) bond motifs is 5. The van der Waals surface area contributed by atoms with Crippen LogP contribution in [0.3, 0.4) is 0 Å². The summed E-state index contributed by atoms with van der Waals surface area (Å²) >= 11 is 0. The molecule has 1 N–H and O–H groups in total. The van der Waals surface area contributed by atoms with Gasteiger partial charge < -0.3 is 5.32 Å². The van der Waals surface area contributed by atoms with Crippen molar-refractivity contribution in [2.24, 2.45) is 4.99 Å². The molecule has 0 radical (unpaired) electrons.